The lowest BCUT2D eigenvalue weighted by Gasteiger charge is -2.51. The van der Waals surface area contributed by atoms with E-state index in [0.717, 1.165) is 113 Å². The molecule has 3 saturated heterocycles. The third-order valence-electron chi connectivity index (χ3n) is 11.5. The maximum Gasteiger partial charge on any atom is 0.232 e. The number of hydrogen-bond acceptors (Lipinski definition) is 6. The molecule has 3 aliphatic rings. The first-order chi connectivity index (χ1) is 22.6. The number of piperidine rings is 2. The van der Waals surface area contributed by atoms with Crippen molar-refractivity contribution in [1.82, 2.24) is 24.7 Å². The lowest BCUT2D eigenvalue weighted by atomic mass is 9.83. The predicted molar refractivity (Wildman–Crippen MR) is 192 cm³/mol. The number of aromatic nitrogens is 2. The minimum atomic E-state index is -0.525. The average molecular weight is 635 g/mol. The summed E-state index contributed by atoms with van der Waals surface area (Å²) in [6.45, 7) is 22.1. The van der Waals surface area contributed by atoms with Gasteiger partial charge in [-0.25, -0.2) is 9.97 Å². The van der Waals surface area contributed by atoms with Crippen molar-refractivity contribution in [2.75, 3.05) is 44.2 Å². The lowest BCUT2D eigenvalue weighted by molar-refractivity contribution is -0.135. The van der Waals surface area contributed by atoms with E-state index in [1.54, 1.807) is 6.33 Å². The summed E-state index contributed by atoms with van der Waals surface area (Å²) >= 11 is 0. The summed E-state index contributed by atoms with van der Waals surface area (Å²) in [7, 11) is 0. The van der Waals surface area contributed by atoms with Gasteiger partial charge in [-0.1, -0.05) is 49.0 Å². The van der Waals surface area contributed by atoms with E-state index in [9.17, 15) is 4.79 Å². The minimum absolute atomic E-state index is 0.193. The summed E-state index contributed by atoms with van der Waals surface area (Å²) in [6.07, 6.45) is 8.41. The van der Waals surface area contributed by atoms with Crippen molar-refractivity contribution < 1.29 is 4.79 Å². The highest BCUT2D eigenvalue weighted by atomic mass is 16.2. The van der Waals surface area contributed by atoms with Crippen molar-refractivity contribution in [2.45, 2.75) is 96.7 Å². The Labute approximate surface area is 282 Å². The van der Waals surface area contributed by atoms with Crippen molar-refractivity contribution in [3.8, 4) is 0 Å². The Kier molecular flexibility index (Phi) is 9.75. The normalized spacial score (nSPS) is 19.2. The van der Waals surface area contributed by atoms with Gasteiger partial charge in [0.1, 0.15) is 6.33 Å². The fraction of sp³-hybridized carbons (Fsp3) is 0.525. The van der Waals surface area contributed by atoms with Gasteiger partial charge in [-0.15, -0.1) is 0 Å². The van der Waals surface area contributed by atoms with Gasteiger partial charge in [0.05, 0.1) is 16.8 Å². The number of rotatable bonds is 9. The second kappa shape index (κ2) is 13.8. The van der Waals surface area contributed by atoms with Crippen LogP contribution in [0.1, 0.15) is 87.4 Å². The van der Waals surface area contributed by atoms with Crippen LogP contribution in [0.5, 0.6) is 0 Å². The van der Waals surface area contributed by atoms with Crippen LogP contribution >= 0.6 is 0 Å². The maximum absolute atomic E-state index is 13.4. The molecule has 1 amide bonds. The van der Waals surface area contributed by atoms with E-state index in [0.29, 0.717) is 6.04 Å². The van der Waals surface area contributed by atoms with E-state index in [4.69, 9.17) is 0 Å². The third kappa shape index (κ3) is 6.96. The minimum Gasteiger partial charge on any atom is -0.371 e. The summed E-state index contributed by atoms with van der Waals surface area (Å²) in [4.78, 5) is 32.2. The highest BCUT2D eigenvalue weighted by Gasteiger charge is 2.39. The second-order valence-corrected chi connectivity index (χ2v) is 14.9. The number of carbonyl (C=O) groups is 1. The Morgan fingerprint density at radius 2 is 1.47 bits per heavy atom. The molecule has 2 aromatic carbocycles. The fourth-order valence-electron chi connectivity index (χ4n) is 8.18. The number of nitrogens with zero attached hydrogens (tertiary/aromatic N) is 6. The zero-order chi connectivity index (χ0) is 33.2. The number of amides is 1. The van der Waals surface area contributed by atoms with Gasteiger partial charge in [-0.3, -0.25) is 9.69 Å². The number of benzene rings is 2. The third-order valence-corrected chi connectivity index (χ3v) is 11.5. The molecule has 7 heteroatoms. The molecule has 0 spiro atoms. The molecule has 6 rings (SSSR count). The standard InChI is InChI=1S/C40H54N6O/c1-30-37(31(2)42-29-41-30)32(3)43-26-20-40(6,21-27-43)45-24-18-36(19-25-45)46(28-33-12-8-7-9-13-33)35-16-14-34(15-17-35)39(4,5)38(47)44-22-10-11-23-44/h7-9,12-17,29,36H,3,10-11,18-28H2,1-2,4-6H3. The molecule has 7 nitrogen and oxygen atoms in total. The maximum atomic E-state index is 13.4. The summed E-state index contributed by atoms with van der Waals surface area (Å²) in [5.74, 6) is 0.249. The van der Waals surface area contributed by atoms with Crippen molar-refractivity contribution in [3.63, 3.8) is 0 Å². The quantitative estimate of drug-likeness (QED) is 0.253. The van der Waals surface area contributed by atoms with Crippen molar-refractivity contribution in [3.05, 3.63) is 95.6 Å². The largest absolute Gasteiger partial charge is 0.371 e. The molecule has 3 aromatic rings. The number of carbonyl (C=O) groups excluding carboxylic acids is 1. The average Bonchev–Trinajstić information content (AvgIpc) is 3.63. The van der Waals surface area contributed by atoms with Crippen LogP contribution in [0.3, 0.4) is 0 Å². The topological polar surface area (TPSA) is 55.8 Å². The number of hydrogen-bond donors (Lipinski definition) is 0. The number of anilines is 1. The smallest absolute Gasteiger partial charge is 0.232 e. The van der Waals surface area contributed by atoms with Gasteiger partial charge in [0.2, 0.25) is 5.91 Å². The Morgan fingerprint density at radius 1 is 0.872 bits per heavy atom. The van der Waals surface area contributed by atoms with E-state index in [2.05, 4.69) is 120 Å². The molecule has 0 aliphatic carbocycles. The van der Waals surface area contributed by atoms with E-state index in [-0.39, 0.29) is 11.4 Å². The fourth-order valence-corrected chi connectivity index (χ4v) is 8.18. The first-order valence-corrected chi connectivity index (χ1v) is 17.7. The summed E-state index contributed by atoms with van der Waals surface area (Å²) < 4.78 is 0. The van der Waals surface area contributed by atoms with Crippen molar-refractivity contribution in [1.29, 1.82) is 0 Å². The molecule has 0 radical (unpaired) electrons. The molecule has 0 unspecified atom stereocenters. The molecular weight excluding hydrogens is 580 g/mol. The van der Waals surface area contributed by atoms with Crippen molar-refractivity contribution in [2.24, 2.45) is 0 Å². The Hall–Kier alpha value is -3.71. The van der Waals surface area contributed by atoms with Gasteiger partial charge >= 0.3 is 0 Å². The first-order valence-electron chi connectivity index (χ1n) is 17.7. The Bertz CT molecular complexity index is 1510. The van der Waals surface area contributed by atoms with Crippen LogP contribution in [0.2, 0.25) is 0 Å². The number of aryl methyl sites for hydroxylation is 2. The highest BCUT2D eigenvalue weighted by molar-refractivity contribution is 5.87. The van der Waals surface area contributed by atoms with Crippen LogP contribution in [-0.4, -0.2) is 81.4 Å². The molecule has 0 saturated carbocycles. The highest BCUT2D eigenvalue weighted by Crippen LogP contribution is 2.37. The summed E-state index contributed by atoms with van der Waals surface area (Å²) in [6, 6.07) is 20.2. The second-order valence-electron chi connectivity index (χ2n) is 14.9. The summed E-state index contributed by atoms with van der Waals surface area (Å²) in [5.41, 5.74) is 7.52. The van der Waals surface area contributed by atoms with E-state index in [1.807, 2.05) is 4.90 Å². The van der Waals surface area contributed by atoms with Crippen LogP contribution in [0.25, 0.3) is 5.70 Å². The molecule has 1 aromatic heterocycles. The van der Waals surface area contributed by atoms with Gasteiger partial charge in [0.15, 0.2) is 0 Å². The van der Waals surface area contributed by atoms with E-state index in [1.165, 1.54) is 11.3 Å². The SMILES string of the molecule is C=C(c1c(C)ncnc1C)N1CCC(C)(N2CCC(N(Cc3ccccc3)c3ccc(C(C)(C)C(=O)N4CCCC4)cc3)CC2)CC1. The predicted octanol–water partition coefficient (Wildman–Crippen LogP) is 6.99. The molecule has 3 aliphatic heterocycles. The van der Waals surface area contributed by atoms with Crippen molar-refractivity contribution >= 4 is 17.3 Å². The summed E-state index contributed by atoms with van der Waals surface area (Å²) in [5, 5.41) is 0. The molecule has 3 fully saturated rings. The van der Waals surface area contributed by atoms with Crippen LogP contribution in [0, 0.1) is 13.8 Å². The molecule has 4 heterocycles. The van der Waals surface area contributed by atoms with Gasteiger partial charge in [-0.2, -0.15) is 0 Å². The van der Waals surface area contributed by atoms with E-state index >= 15 is 0 Å². The molecule has 0 N–H and O–H groups in total. The molecule has 0 atom stereocenters. The monoisotopic (exact) mass is 634 g/mol. The van der Waals surface area contributed by atoms with Gasteiger partial charge in [0, 0.05) is 74.3 Å². The Balaban J connectivity index is 1.12. The Morgan fingerprint density at radius 3 is 2.06 bits per heavy atom. The molecule has 0 bridgehead atoms. The molecule has 250 valence electrons. The first kappa shape index (κ1) is 33.2. The van der Waals surface area contributed by atoms with E-state index < -0.39 is 5.41 Å². The zero-order valence-corrected chi connectivity index (χ0v) is 29.3. The van der Waals surface area contributed by atoms with Crippen LogP contribution in [0.15, 0.2) is 67.5 Å². The van der Waals surface area contributed by atoms with Crippen LogP contribution in [-0.2, 0) is 16.8 Å². The van der Waals surface area contributed by atoms with Gasteiger partial charge in [-0.05, 0) is 96.4 Å². The van der Waals surface area contributed by atoms with Crippen LogP contribution in [0.4, 0.5) is 5.69 Å². The molecule has 47 heavy (non-hydrogen) atoms. The van der Waals surface area contributed by atoms with Gasteiger partial charge < -0.3 is 14.7 Å². The van der Waals surface area contributed by atoms with Gasteiger partial charge in [0.25, 0.3) is 0 Å². The number of likely N-dealkylation sites (tertiary alicyclic amines) is 3. The lowest BCUT2D eigenvalue weighted by Crippen LogP contribution is -2.57. The molecular formula is C40H54N6O. The zero-order valence-electron chi connectivity index (χ0n) is 29.3. The van der Waals surface area contributed by atoms with Crippen LogP contribution < -0.4 is 4.90 Å².